The Morgan fingerprint density at radius 2 is 2.31 bits per heavy atom. The first-order chi connectivity index (χ1) is 6.18. The number of halogens is 1. The van der Waals surface area contributed by atoms with Gasteiger partial charge in [0.25, 0.3) is 0 Å². The molecule has 0 radical (unpaired) electrons. The van der Waals surface area contributed by atoms with E-state index in [9.17, 15) is 5.11 Å². The molecule has 68 valence electrons. The molecule has 13 heavy (non-hydrogen) atoms. The minimum absolute atomic E-state index is 0.556. The molecule has 1 heterocycles. The second-order valence-corrected chi connectivity index (χ2v) is 3.79. The van der Waals surface area contributed by atoms with E-state index in [2.05, 4.69) is 25.9 Å². The lowest BCUT2D eigenvalue weighted by Crippen LogP contribution is -1.92. The van der Waals surface area contributed by atoms with Gasteiger partial charge in [0.2, 0.25) is 0 Å². The summed E-state index contributed by atoms with van der Waals surface area (Å²) in [5.74, 6) is 0.599. The highest BCUT2D eigenvalue weighted by Gasteiger charge is 2.08. The molecule has 0 aliphatic carbocycles. The summed E-state index contributed by atoms with van der Waals surface area (Å²) in [5, 5.41) is 9.31. The van der Waals surface area contributed by atoms with E-state index in [0.29, 0.717) is 5.82 Å². The molecule has 0 amide bonds. The Hall–Kier alpha value is -0.870. The molecule has 0 fully saturated rings. The van der Waals surface area contributed by atoms with Crippen molar-refractivity contribution < 1.29 is 5.11 Å². The summed E-state index contributed by atoms with van der Waals surface area (Å²) < 4.78 is 0.938. The molecule has 2 rings (SSSR count). The Labute approximate surface area is 83.9 Å². The molecular formula is C9H9BrN2O. The number of aliphatic hydroxyl groups is 1. The topological polar surface area (TPSA) is 48.9 Å². The number of nitrogens with one attached hydrogen (secondary N) is 1. The molecule has 0 bridgehead atoms. The largest absolute Gasteiger partial charge is 0.385 e. The zero-order valence-electron chi connectivity index (χ0n) is 7.08. The van der Waals surface area contributed by atoms with Crippen molar-refractivity contribution >= 4 is 27.0 Å². The summed E-state index contributed by atoms with van der Waals surface area (Å²) in [6, 6.07) is 5.78. The maximum Gasteiger partial charge on any atom is 0.135 e. The van der Waals surface area contributed by atoms with Gasteiger partial charge in [0.1, 0.15) is 17.4 Å². The first-order valence-corrected chi connectivity index (χ1v) is 4.80. The summed E-state index contributed by atoms with van der Waals surface area (Å²) >= 11 is 3.40. The van der Waals surface area contributed by atoms with Crippen molar-refractivity contribution in [2.75, 3.05) is 0 Å². The van der Waals surface area contributed by atoms with Crippen LogP contribution in [0.3, 0.4) is 0 Å². The van der Waals surface area contributed by atoms with E-state index >= 15 is 0 Å². The number of H-pyrrole nitrogens is 1. The summed E-state index contributed by atoms with van der Waals surface area (Å²) in [6.45, 7) is 1.69. The van der Waals surface area contributed by atoms with E-state index in [1.54, 1.807) is 6.92 Å². The molecule has 0 saturated carbocycles. The van der Waals surface area contributed by atoms with Crippen molar-refractivity contribution in [1.82, 2.24) is 9.97 Å². The van der Waals surface area contributed by atoms with Crippen LogP contribution >= 0.6 is 15.9 Å². The minimum atomic E-state index is -0.556. The van der Waals surface area contributed by atoms with Crippen molar-refractivity contribution in [2.45, 2.75) is 13.0 Å². The van der Waals surface area contributed by atoms with Crippen LogP contribution in [-0.4, -0.2) is 15.1 Å². The second kappa shape index (κ2) is 3.12. The molecule has 0 aliphatic rings. The normalized spacial score (nSPS) is 13.5. The van der Waals surface area contributed by atoms with Gasteiger partial charge in [-0.15, -0.1) is 0 Å². The third-order valence-electron chi connectivity index (χ3n) is 1.88. The average Bonchev–Trinajstić information content (AvgIpc) is 2.49. The van der Waals surface area contributed by atoms with Gasteiger partial charge in [-0.25, -0.2) is 4.98 Å². The molecular weight excluding hydrogens is 232 g/mol. The Morgan fingerprint density at radius 3 is 2.92 bits per heavy atom. The highest BCUT2D eigenvalue weighted by molar-refractivity contribution is 9.10. The molecule has 1 atom stereocenters. The second-order valence-electron chi connectivity index (χ2n) is 2.93. The van der Waals surface area contributed by atoms with E-state index in [1.807, 2.05) is 18.2 Å². The standard InChI is InChI=1S/C9H9BrN2O/c1-5(13)9-11-7-4-2-3-6(10)8(7)12-9/h2-5,13H,1H3,(H,11,12)/t5-/m1/s1. The number of aliphatic hydroxyl groups excluding tert-OH is 1. The van der Waals surface area contributed by atoms with Crippen LogP contribution in [0.2, 0.25) is 0 Å². The van der Waals surface area contributed by atoms with Crippen LogP contribution in [-0.2, 0) is 0 Å². The van der Waals surface area contributed by atoms with Crippen molar-refractivity contribution in [3.05, 3.63) is 28.5 Å². The lowest BCUT2D eigenvalue weighted by Gasteiger charge is -1.95. The molecule has 2 aromatic rings. The fraction of sp³-hybridized carbons (Fsp3) is 0.222. The number of rotatable bonds is 1. The van der Waals surface area contributed by atoms with Crippen LogP contribution in [0.1, 0.15) is 18.9 Å². The predicted octanol–water partition coefficient (Wildman–Crippen LogP) is 2.38. The average molecular weight is 241 g/mol. The van der Waals surface area contributed by atoms with Gasteiger partial charge >= 0.3 is 0 Å². The van der Waals surface area contributed by atoms with Gasteiger partial charge in [-0.2, -0.15) is 0 Å². The maximum atomic E-state index is 9.31. The lowest BCUT2D eigenvalue weighted by molar-refractivity contribution is 0.190. The number of nitrogens with zero attached hydrogens (tertiary/aromatic N) is 1. The fourth-order valence-corrected chi connectivity index (χ4v) is 1.67. The molecule has 0 unspecified atom stereocenters. The Morgan fingerprint density at radius 1 is 1.54 bits per heavy atom. The Balaban J connectivity index is 2.68. The van der Waals surface area contributed by atoms with E-state index in [-0.39, 0.29) is 0 Å². The van der Waals surface area contributed by atoms with Crippen molar-refractivity contribution in [3.8, 4) is 0 Å². The predicted molar refractivity (Wildman–Crippen MR) is 54.4 cm³/mol. The number of imidazole rings is 1. The third kappa shape index (κ3) is 1.47. The third-order valence-corrected chi connectivity index (χ3v) is 2.52. The molecule has 4 heteroatoms. The number of para-hydroxylation sites is 1. The molecule has 2 N–H and O–H groups in total. The zero-order valence-corrected chi connectivity index (χ0v) is 8.67. The van der Waals surface area contributed by atoms with Crippen LogP contribution in [0.4, 0.5) is 0 Å². The summed E-state index contributed by atoms with van der Waals surface area (Å²) in [5.41, 5.74) is 1.80. The summed E-state index contributed by atoms with van der Waals surface area (Å²) in [6.07, 6.45) is -0.556. The summed E-state index contributed by atoms with van der Waals surface area (Å²) in [7, 11) is 0. The molecule has 3 nitrogen and oxygen atoms in total. The van der Waals surface area contributed by atoms with Crippen LogP contribution < -0.4 is 0 Å². The van der Waals surface area contributed by atoms with Crippen LogP contribution in [0.5, 0.6) is 0 Å². The van der Waals surface area contributed by atoms with Crippen molar-refractivity contribution in [1.29, 1.82) is 0 Å². The minimum Gasteiger partial charge on any atom is -0.385 e. The van der Waals surface area contributed by atoms with Crippen LogP contribution in [0, 0.1) is 0 Å². The number of hydrogen-bond donors (Lipinski definition) is 2. The van der Waals surface area contributed by atoms with Gasteiger partial charge in [0.05, 0.1) is 5.52 Å². The Bertz CT molecular complexity index is 436. The number of fused-ring (bicyclic) bond motifs is 1. The zero-order chi connectivity index (χ0) is 9.42. The van der Waals surface area contributed by atoms with E-state index in [1.165, 1.54) is 0 Å². The SMILES string of the molecule is C[C@@H](O)c1nc2c(Br)cccc2[nH]1. The van der Waals surface area contributed by atoms with Crippen LogP contribution in [0.15, 0.2) is 22.7 Å². The first-order valence-electron chi connectivity index (χ1n) is 4.00. The molecule has 0 saturated heterocycles. The van der Waals surface area contributed by atoms with Crippen molar-refractivity contribution in [2.24, 2.45) is 0 Å². The molecule has 0 spiro atoms. The molecule has 0 aliphatic heterocycles. The number of aromatic amines is 1. The van der Waals surface area contributed by atoms with E-state index in [4.69, 9.17) is 0 Å². The van der Waals surface area contributed by atoms with Gasteiger partial charge < -0.3 is 10.1 Å². The number of aromatic nitrogens is 2. The maximum absolute atomic E-state index is 9.31. The quantitative estimate of drug-likeness (QED) is 0.805. The van der Waals surface area contributed by atoms with E-state index in [0.717, 1.165) is 15.5 Å². The van der Waals surface area contributed by atoms with Gasteiger partial charge in [-0.05, 0) is 35.0 Å². The fourth-order valence-electron chi connectivity index (χ4n) is 1.21. The van der Waals surface area contributed by atoms with Crippen molar-refractivity contribution in [3.63, 3.8) is 0 Å². The van der Waals surface area contributed by atoms with E-state index < -0.39 is 6.10 Å². The first kappa shape index (κ1) is 8.72. The smallest absolute Gasteiger partial charge is 0.135 e. The number of hydrogen-bond acceptors (Lipinski definition) is 2. The highest BCUT2D eigenvalue weighted by atomic mass is 79.9. The molecule has 1 aromatic carbocycles. The van der Waals surface area contributed by atoms with Gasteiger partial charge in [0.15, 0.2) is 0 Å². The van der Waals surface area contributed by atoms with Gasteiger partial charge in [0, 0.05) is 4.47 Å². The number of benzene rings is 1. The molecule has 1 aromatic heterocycles. The lowest BCUT2D eigenvalue weighted by atomic mass is 10.3. The monoisotopic (exact) mass is 240 g/mol. The highest BCUT2D eigenvalue weighted by Crippen LogP contribution is 2.23. The van der Waals surface area contributed by atoms with Gasteiger partial charge in [-0.3, -0.25) is 0 Å². The summed E-state index contributed by atoms with van der Waals surface area (Å²) in [4.78, 5) is 7.30. The van der Waals surface area contributed by atoms with Gasteiger partial charge in [-0.1, -0.05) is 6.07 Å². The Kier molecular flexibility index (Phi) is 2.09. The van der Waals surface area contributed by atoms with Crippen LogP contribution in [0.25, 0.3) is 11.0 Å².